The molecule has 68 heavy (non-hydrogen) atoms. The van der Waals surface area contributed by atoms with E-state index in [2.05, 4.69) is 52.8 Å². The molecule has 1 aromatic heterocycles. The third-order valence-electron chi connectivity index (χ3n) is 11.8. The lowest BCUT2D eigenvalue weighted by molar-refractivity contribution is -0.203. The summed E-state index contributed by atoms with van der Waals surface area (Å²) in [7, 11) is 0. The summed E-state index contributed by atoms with van der Waals surface area (Å²) in [6.07, 6.45) is -6.75. The first kappa shape index (κ1) is 50.5. The summed E-state index contributed by atoms with van der Waals surface area (Å²) in [5.74, 6) is -8.61. The number of aromatic nitrogens is 1. The summed E-state index contributed by atoms with van der Waals surface area (Å²) < 4.78 is 5.60. The maximum atomic E-state index is 14.5. The van der Waals surface area contributed by atoms with E-state index in [0.29, 0.717) is 16.5 Å². The molecule has 1 unspecified atom stereocenters. The molecule has 3 aliphatic heterocycles. The Morgan fingerprint density at radius 1 is 0.706 bits per heavy atom. The molecule has 3 saturated heterocycles. The molecule has 6 rings (SSSR count). The van der Waals surface area contributed by atoms with Gasteiger partial charge in [0.25, 0.3) is 0 Å². The Morgan fingerprint density at radius 2 is 1.29 bits per heavy atom. The van der Waals surface area contributed by atoms with Gasteiger partial charge in [-0.3, -0.25) is 43.2 Å². The third kappa shape index (κ3) is 12.9. The Labute approximate surface area is 390 Å². The van der Waals surface area contributed by atoms with Crippen LogP contribution in [0.5, 0.6) is 0 Å². The number of aliphatic hydroxyl groups excluding tert-OH is 3. The SMILES string of the molecule is CC(=O)N[C@H]1[C@@H](O)[C@H](O)[C@@H](CO)O[C@H]1NC(=O)C[C@@H]1NC(=O)[C@H](CC(C)C)NC(=O)[C@@H]2CNC(=O)C[C@H](NC1=O)C(=O)N[C@@H](Cc1c[nH]c3ccccc13)C(=O)NC(Cc1ccccc1)C(=O)N2. The molecule has 23 nitrogen and oxygen atoms in total. The van der Waals surface area contributed by atoms with Crippen LogP contribution in [0, 0.1) is 5.92 Å². The molecule has 0 spiro atoms. The number of para-hydroxylation sites is 1. The quantitative estimate of drug-likeness (QED) is 0.0871. The minimum atomic E-state index is -1.86. The van der Waals surface area contributed by atoms with Crippen LogP contribution >= 0.6 is 0 Å². The van der Waals surface area contributed by atoms with Gasteiger partial charge in [0, 0.05) is 43.4 Å². The second kappa shape index (κ2) is 22.7. The van der Waals surface area contributed by atoms with E-state index >= 15 is 0 Å². The maximum Gasteiger partial charge on any atom is 0.245 e. The summed E-state index contributed by atoms with van der Waals surface area (Å²) in [5, 5.41) is 54.6. The number of hydrogen-bond acceptors (Lipinski definition) is 13. The summed E-state index contributed by atoms with van der Waals surface area (Å²) in [4.78, 5) is 129. The van der Waals surface area contributed by atoms with Crippen LogP contribution in [0.15, 0.2) is 60.8 Å². The Balaban J connectivity index is 1.38. The fourth-order valence-corrected chi connectivity index (χ4v) is 8.27. The van der Waals surface area contributed by atoms with Gasteiger partial charge >= 0.3 is 0 Å². The first-order valence-electron chi connectivity index (χ1n) is 22.3. The van der Waals surface area contributed by atoms with E-state index in [9.17, 15) is 58.5 Å². The summed E-state index contributed by atoms with van der Waals surface area (Å²) in [6.45, 7) is 3.24. The van der Waals surface area contributed by atoms with Gasteiger partial charge in [-0.05, 0) is 29.5 Å². The standard InChI is InChI=1S/C45H58N10O13/c1-21(2)13-27-39(62)53-31(17-35(59)55-45-36(48-22(3)57)38(61)37(60)33(20-56)68-45)43(66)52-30-16-34(58)47-19-32(44(67)49-27)54-40(63)28(14-23-9-5-4-6-10-23)50-41(64)29(51-42(30)65)15-24-18-46-26-12-8-7-11-25(24)26/h4-12,18,21,27-33,36-38,45-46,56,60-61H,13-17,19-20H2,1-3H3,(H,47,58)(H,48,57)(H,49,67)(H,50,64)(H,51,65)(H,52,66)(H,53,62)(H,54,63)(H,55,59)/t27-,28?,29-,30-,31-,32-,33+,36-,37+,38+,45+/m0/s1. The number of aliphatic hydroxyl groups is 3. The number of aromatic amines is 1. The molecule has 2 aromatic carbocycles. The van der Waals surface area contributed by atoms with Gasteiger partial charge < -0.3 is 72.9 Å². The highest BCUT2D eigenvalue weighted by Gasteiger charge is 2.46. The minimum Gasteiger partial charge on any atom is -0.394 e. The lowest BCUT2D eigenvalue weighted by Crippen LogP contribution is -2.68. The smallest absolute Gasteiger partial charge is 0.245 e. The van der Waals surface area contributed by atoms with Crippen molar-refractivity contribution in [2.75, 3.05) is 13.2 Å². The molecule has 23 heteroatoms. The van der Waals surface area contributed by atoms with Crippen LogP contribution < -0.4 is 47.9 Å². The van der Waals surface area contributed by atoms with Crippen molar-refractivity contribution in [1.82, 2.24) is 52.8 Å². The summed E-state index contributed by atoms with van der Waals surface area (Å²) in [6, 6.07) is 5.03. The number of fused-ring (bicyclic) bond motifs is 6. The van der Waals surface area contributed by atoms with Crippen LogP contribution in [0.2, 0.25) is 0 Å². The van der Waals surface area contributed by atoms with Crippen molar-refractivity contribution in [3.63, 3.8) is 0 Å². The molecule has 3 aromatic rings. The molecular weight excluding hydrogens is 889 g/mol. The Kier molecular flexibility index (Phi) is 16.8. The predicted octanol–water partition coefficient (Wildman–Crippen LogP) is -4.11. The number of carbonyl (C=O) groups excluding carboxylic acids is 9. The topological polar surface area (TPSA) is 348 Å². The number of benzene rings is 2. The molecule has 0 radical (unpaired) electrons. The molecule has 0 aliphatic carbocycles. The van der Waals surface area contributed by atoms with E-state index in [1.54, 1.807) is 74.6 Å². The van der Waals surface area contributed by atoms with Gasteiger partial charge in [-0.1, -0.05) is 62.4 Å². The summed E-state index contributed by atoms with van der Waals surface area (Å²) in [5.41, 5.74) is 1.94. The third-order valence-corrected chi connectivity index (χ3v) is 11.8. The average molecular weight is 947 g/mol. The molecule has 9 amide bonds. The van der Waals surface area contributed by atoms with E-state index in [4.69, 9.17) is 4.74 Å². The number of H-pyrrole nitrogens is 1. The fourth-order valence-electron chi connectivity index (χ4n) is 8.27. The maximum absolute atomic E-state index is 14.5. The van der Waals surface area contributed by atoms with Crippen molar-refractivity contribution in [2.24, 2.45) is 5.92 Å². The van der Waals surface area contributed by atoms with Crippen LogP contribution in [0.25, 0.3) is 10.9 Å². The second-order valence-corrected chi connectivity index (χ2v) is 17.5. The Bertz CT molecular complexity index is 2360. The predicted molar refractivity (Wildman–Crippen MR) is 239 cm³/mol. The van der Waals surface area contributed by atoms with E-state index in [1.807, 2.05) is 0 Å². The zero-order valence-corrected chi connectivity index (χ0v) is 37.6. The molecular formula is C45H58N10O13. The van der Waals surface area contributed by atoms with Crippen LogP contribution in [-0.2, 0) is 60.7 Å². The summed E-state index contributed by atoms with van der Waals surface area (Å²) >= 11 is 0. The van der Waals surface area contributed by atoms with Gasteiger partial charge in [0.2, 0.25) is 53.2 Å². The van der Waals surface area contributed by atoms with Gasteiger partial charge in [-0.2, -0.15) is 0 Å². The van der Waals surface area contributed by atoms with Gasteiger partial charge in [0.15, 0.2) is 6.23 Å². The van der Waals surface area contributed by atoms with Gasteiger partial charge in [-0.15, -0.1) is 0 Å². The van der Waals surface area contributed by atoms with Crippen molar-refractivity contribution in [3.05, 3.63) is 71.9 Å². The first-order valence-corrected chi connectivity index (χ1v) is 22.3. The molecule has 11 atom stereocenters. The van der Waals surface area contributed by atoms with E-state index in [0.717, 1.165) is 12.4 Å². The van der Waals surface area contributed by atoms with E-state index < -0.39 is 146 Å². The lowest BCUT2D eigenvalue weighted by atomic mass is 9.95. The molecule has 0 saturated carbocycles. The van der Waals surface area contributed by atoms with Crippen molar-refractivity contribution in [2.45, 2.75) is 120 Å². The first-order chi connectivity index (χ1) is 32.4. The van der Waals surface area contributed by atoms with Crippen LogP contribution in [0.4, 0.5) is 0 Å². The number of amides is 9. The van der Waals surface area contributed by atoms with Crippen molar-refractivity contribution >= 4 is 64.1 Å². The highest BCUT2D eigenvalue weighted by atomic mass is 16.5. The lowest BCUT2D eigenvalue weighted by Gasteiger charge is -2.42. The highest BCUT2D eigenvalue weighted by Crippen LogP contribution is 2.22. The second-order valence-electron chi connectivity index (χ2n) is 17.5. The van der Waals surface area contributed by atoms with Crippen LogP contribution in [0.1, 0.15) is 51.2 Å². The highest BCUT2D eigenvalue weighted by molar-refractivity contribution is 6.01. The van der Waals surface area contributed by atoms with E-state index in [1.165, 1.54) is 0 Å². The van der Waals surface area contributed by atoms with Gasteiger partial charge in [0.05, 0.1) is 19.4 Å². The number of nitrogens with one attached hydrogen (secondary N) is 10. The van der Waals surface area contributed by atoms with Gasteiger partial charge in [-0.25, -0.2) is 0 Å². The van der Waals surface area contributed by atoms with Gasteiger partial charge in [0.1, 0.15) is 60.6 Å². The minimum absolute atomic E-state index is 0.0300. The Morgan fingerprint density at radius 3 is 2.00 bits per heavy atom. The molecule has 3 aliphatic rings. The van der Waals surface area contributed by atoms with Crippen LogP contribution in [-0.4, -0.2) is 153 Å². The van der Waals surface area contributed by atoms with Crippen molar-refractivity contribution in [1.29, 1.82) is 0 Å². The molecule has 366 valence electrons. The molecule has 2 bridgehead atoms. The monoisotopic (exact) mass is 946 g/mol. The number of ether oxygens (including phenoxy) is 1. The number of carbonyl (C=O) groups is 9. The number of hydrogen-bond donors (Lipinski definition) is 13. The van der Waals surface area contributed by atoms with Crippen molar-refractivity contribution < 1.29 is 63.2 Å². The van der Waals surface area contributed by atoms with Crippen LogP contribution in [0.3, 0.4) is 0 Å². The fraction of sp³-hybridized carbons (Fsp3) is 0.489. The van der Waals surface area contributed by atoms with E-state index in [-0.39, 0.29) is 25.2 Å². The average Bonchev–Trinajstić information content (AvgIpc) is 3.70. The largest absolute Gasteiger partial charge is 0.394 e. The zero-order chi connectivity index (χ0) is 49.2. The number of rotatable bonds is 11. The molecule has 4 heterocycles. The molecule has 3 fully saturated rings. The van der Waals surface area contributed by atoms with Crippen molar-refractivity contribution in [3.8, 4) is 0 Å². The zero-order valence-electron chi connectivity index (χ0n) is 37.6. The Hall–Kier alpha value is -6.95. The normalized spacial score (nSPS) is 28.8. The molecule has 13 N–H and O–H groups in total.